The molecule has 10 heteroatoms. The number of nitrogens with one attached hydrogen (secondary N) is 2. The summed E-state index contributed by atoms with van der Waals surface area (Å²) in [5.74, 6) is -0.962. The molecule has 33 heavy (non-hydrogen) atoms. The van der Waals surface area contributed by atoms with Crippen LogP contribution in [-0.4, -0.2) is 26.4 Å². The van der Waals surface area contributed by atoms with E-state index in [1.807, 2.05) is 6.92 Å². The standard InChI is InChI=1S/C23H23F3N2O5/c1-4-5-15-18(31-3)9-7-14-11-16(22(30)32-20(14)15)21(29)28-17-8-6-13(12-27-2)10-19(17)33-23(24,25)26/h6-11,27H,4-5,12H2,1-3H3,(H,28,29). The van der Waals surface area contributed by atoms with Crippen LogP contribution in [0.1, 0.15) is 34.8 Å². The van der Waals surface area contributed by atoms with Gasteiger partial charge in [-0.1, -0.05) is 19.4 Å². The lowest BCUT2D eigenvalue weighted by Crippen LogP contribution is -2.23. The molecular weight excluding hydrogens is 441 g/mol. The molecule has 3 aromatic rings. The summed E-state index contributed by atoms with van der Waals surface area (Å²) in [6, 6.07) is 8.64. The van der Waals surface area contributed by atoms with Gasteiger partial charge in [-0.3, -0.25) is 4.79 Å². The van der Waals surface area contributed by atoms with Crippen LogP contribution in [-0.2, 0) is 13.0 Å². The van der Waals surface area contributed by atoms with Crippen molar-refractivity contribution >= 4 is 22.6 Å². The van der Waals surface area contributed by atoms with Crippen LogP contribution in [0, 0.1) is 0 Å². The van der Waals surface area contributed by atoms with Gasteiger partial charge in [0.05, 0.1) is 12.8 Å². The monoisotopic (exact) mass is 464 g/mol. The van der Waals surface area contributed by atoms with E-state index in [2.05, 4.69) is 15.4 Å². The fourth-order valence-corrected chi connectivity index (χ4v) is 3.44. The predicted octanol–water partition coefficient (Wildman–Crippen LogP) is 4.62. The molecule has 7 nitrogen and oxygen atoms in total. The Kier molecular flexibility index (Phi) is 7.27. The van der Waals surface area contributed by atoms with Gasteiger partial charge in [0.25, 0.3) is 5.91 Å². The smallest absolute Gasteiger partial charge is 0.496 e. The van der Waals surface area contributed by atoms with Gasteiger partial charge in [-0.15, -0.1) is 13.2 Å². The molecule has 1 amide bonds. The number of hydrogen-bond donors (Lipinski definition) is 2. The Morgan fingerprint density at radius 1 is 1.12 bits per heavy atom. The van der Waals surface area contributed by atoms with Crippen molar-refractivity contribution in [3.05, 3.63) is 63.5 Å². The van der Waals surface area contributed by atoms with E-state index in [-0.39, 0.29) is 11.3 Å². The van der Waals surface area contributed by atoms with Crippen LogP contribution >= 0.6 is 0 Å². The molecule has 0 radical (unpaired) electrons. The Bertz CT molecular complexity index is 1220. The maximum absolute atomic E-state index is 12.9. The molecule has 0 spiro atoms. The highest BCUT2D eigenvalue weighted by Crippen LogP contribution is 2.32. The van der Waals surface area contributed by atoms with Crippen molar-refractivity contribution < 1.29 is 31.9 Å². The molecule has 0 atom stereocenters. The van der Waals surface area contributed by atoms with Gasteiger partial charge in [-0.05, 0) is 49.4 Å². The summed E-state index contributed by atoms with van der Waals surface area (Å²) in [5, 5.41) is 5.62. The molecule has 0 aliphatic heterocycles. The molecule has 176 valence electrons. The minimum atomic E-state index is -4.96. The lowest BCUT2D eigenvalue weighted by atomic mass is 10.0. The lowest BCUT2D eigenvalue weighted by molar-refractivity contribution is -0.274. The zero-order valence-corrected chi connectivity index (χ0v) is 18.3. The van der Waals surface area contributed by atoms with Gasteiger partial charge in [-0.25, -0.2) is 4.79 Å². The second-order valence-electron chi connectivity index (χ2n) is 7.23. The van der Waals surface area contributed by atoms with E-state index in [1.165, 1.54) is 25.3 Å². The van der Waals surface area contributed by atoms with Crippen molar-refractivity contribution in [3.8, 4) is 11.5 Å². The van der Waals surface area contributed by atoms with E-state index in [9.17, 15) is 22.8 Å². The summed E-state index contributed by atoms with van der Waals surface area (Å²) >= 11 is 0. The maximum atomic E-state index is 12.9. The number of carbonyl (C=O) groups is 1. The Balaban J connectivity index is 2.00. The summed E-state index contributed by atoms with van der Waals surface area (Å²) in [4.78, 5) is 25.4. The van der Waals surface area contributed by atoms with Crippen LogP contribution < -0.4 is 25.7 Å². The predicted molar refractivity (Wildman–Crippen MR) is 117 cm³/mol. The van der Waals surface area contributed by atoms with Gasteiger partial charge in [0.15, 0.2) is 5.75 Å². The highest BCUT2D eigenvalue weighted by molar-refractivity contribution is 6.06. The van der Waals surface area contributed by atoms with Gasteiger partial charge in [0.2, 0.25) is 0 Å². The Morgan fingerprint density at radius 3 is 2.52 bits per heavy atom. The first-order valence-electron chi connectivity index (χ1n) is 10.1. The number of ether oxygens (including phenoxy) is 2. The van der Waals surface area contributed by atoms with Crippen LogP contribution in [0.5, 0.6) is 11.5 Å². The van der Waals surface area contributed by atoms with Gasteiger partial charge in [0, 0.05) is 17.5 Å². The molecule has 0 saturated carbocycles. The number of anilines is 1. The summed E-state index contributed by atoms with van der Waals surface area (Å²) in [6.45, 7) is 2.25. The number of methoxy groups -OCH3 is 1. The molecule has 1 aromatic heterocycles. The number of alkyl halides is 3. The van der Waals surface area contributed by atoms with E-state index < -0.39 is 23.6 Å². The minimum absolute atomic E-state index is 0.238. The van der Waals surface area contributed by atoms with Crippen molar-refractivity contribution in [2.24, 2.45) is 0 Å². The van der Waals surface area contributed by atoms with Gasteiger partial charge < -0.3 is 24.5 Å². The number of hydrogen-bond acceptors (Lipinski definition) is 6. The lowest BCUT2D eigenvalue weighted by Gasteiger charge is -2.15. The second kappa shape index (κ2) is 9.95. The molecule has 0 bridgehead atoms. The Labute approximate surface area is 187 Å². The fourth-order valence-electron chi connectivity index (χ4n) is 3.44. The minimum Gasteiger partial charge on any atom is -0.496 e. The third-order valence-electron chi connectivity index (χ3n) is 4.83. The number of rotatable bonds is 8. The highest BCUT2D eigenvalue weighted by Gasteiger charge is 2.32. The average molecular weight is 464 g/mol. The van der Waals surface area contributed by atoms with Gasteiger partial charge in [-0.2, -0.15) is 0 Å². The van der Waals surface area contributed by atoms with Crippen molar-refractivity contribution in [1.82, 2.24) is 5.32 Å². The second-order valence-corrected chi connectivity index (χ2v) is 7.23. The normalized spacial score (nSPS) is 11.5. The fraction of sp³-hybridized carbons (Fsp3) is 0.304. The molecular formula is C23H23F3N2O5. The summed E-state index contributed by atoms with van der Waals surface area (Å²) < 4.78 is 53.4. The molecule has 0 aliphatic carbocycles. The number of fused-ring (bicyclic) bond motifs is 1. The number of halogens is 3. The number of benzene rings is 2. The highest BCUT2D eigenvalue weighted by atomic mass is 19.4. The molecule has 0 fully saturated rings. The number of amides is 1. The first-order valence-corrected chi connectivity index (χ1v) is 10.1. The molecule has 3 rings (SSSR count). The van der Waals surface area contributed by atoms with Gasteiger partial charge >= 0.3 is 12.0 Å². The third kappa shape index (κ3) is 5.64. The quantitative estimate of drug-likeness (QED) is 0.473. The largest absolute Gasteiger partial charge is 0.573 e. The average Bonchev–Trinajstić information content (AvgIpc) is 2.74. The van der Waals surface area contributed by atoms with E-state index in [1.54, 1.807) is 19.2 Å². The summed E-state index contributed by atoms with van der Waals surface area (Å²) in [6.07, 6.45) is -3.60. The molecule has 2 aromatic carbocycles. The summed E-state index contributed by atoms with van der Waals surface area (Å²) in [7, 11) is 3.14. The summed E-state index contributed by atoms with van der Waals surface area (Å²) in [5.41, 5.74) is -0.00340. The van der Waals surface area contributed by atoms with Crippen LogP contribution in [0.25, 0.3) is 11.0 Å². The first-order chi connectivity index (χ1) is 15.7. The third-order valence-corrected chi connectivity index (χ3v) is 4.83. The Hall–Kier alpha value is -3.53. The molecule has 0 aliphatic rings. The van der Waals surface area contributed by atoms with Crippen molar-refractivity contribution in [2.45, 2.75) is 32.7 Å². The van der Waals surface area contributed by atoms with Crippen molar-refractivity contribution in [2.75, 3.05) is 19.5 Å². The molecule has 1 heterocycles. The van der Waals surface area contributed by atoms with E-state index in [0.29, 0.717) is 40.8 Å². The topological polar surface area (TPSA) is 89.8 Å². The van der Waals surface area contributed by atoms with Gasteiger partial charge in [0.1, 0.15) is 16.9 Å². The van der Waals surface area contributed by atoms with Crippen LogP contribution in [0.4, 0.5) is 18.9 Å². The zero-order chi connectivity index (χ0) is 24.2. The Morgan fingerprint density at radius 2 is 1.88 bits per heavy atom. The van der Waals surface area contributed by atoms with Crippen LogP contribution in [0.15, 0.2) is 45.6 Å². The number of carbonyl (C=O) groups excluding carboxylic acids is 1. The SMILES string of the molecule is CCCc1c(OC)ccc2cc(C(=O)Nc3ccc(CNC)cc3OC(F)(F)F)c(=O)oc12. The van der Waals surface area contributed by atoms with Crippen molar-refractivity contribution in [3.63, 3.8) is 0 Å². The maximum Gasteiger partial charge on any atom is 0.573 e. The van der Waals surface area contributed by atoms with Crippen LogP contribution in [0.2, 0.25) is 0 Å². The van der Waals surface area contributed by atoms with Crippen molar-refractivity contribution in [1.29, 1.82) is 0 Å². The van der Waals surface area contributed by atoms with E-state index in [0.717, 1.165) is 12.5 Å². The molecule has 0 saturated heterocycles. The molecule has 2 N–H and O–H groups in total. The van der Waals surface area contributed by atoms with E-state index in [4.69, 9.17) is 9.15 Å². The van der Waals surface area contributed by atoms with Crippen LogP contribution in [0.3, 0.4) is 0 Å². The van der Waals surface area contributed by atoms with E-state index >= 15 is 0 Å². The zero-order valence-electron chi connectivity index (χ0n) is 18.3. The number of aryl methyl sites for hydroxylation is 1. The first kappa shape index (κ1) is 24.1. The molecule has 0 unspecified atom stereocenters.